The zero-order valence-corrected chi connectivity index (χ0v) is 13.1. The summed E-state index contributed by atoms with van der Waals surface area (Å²) < 4.78 is 0. The van der Waals surface area contributed by atoms with Gasteiger partial charge in [-0.2, -0.15) is 0 Å². The molecule has 1 aliphatic rings. The third kappa shape index (κ3) is 4.83. The minimum Gasteiger partial charge on any atom is -0.351 e. The summed E-state index contributed by atoms with van der Waals surface area (Å²) in [6.07, 6.45) is 2.19. The van der Waals surface area contributed by atoms with Gasteiger partial charge in [-0.25, -0.2) is 0 Å². The molecular weight excluding hydrogens is 262 g/mol. The van der Waals surface area contributed by atoms with Crippen molar-refractivity contribution in [1.29, 1.82) is 0 Å². The Bertz CT molecular complexity index is 435. The zero-order chi connectivity index (χ0) is 15.1. The van der Waals surface area contributed by atoms with E-state index in [1.165, 1.54) is 0 Å². The highest BCUT2D eigenvalue weighted by atomic mass is 16.2. The molecule has 0 bridgehead atoms. The van der Waals surface area contributed by atoms with Gasteiger partial charge in [-0.05, 0) is 18.4 Å². The lowest BCUT2D eigenvalue weighted by Crippen LogP contribution is -2.57. The summed E-state index contributed by atoms with van der Waals surface area (Å²) in [6, 6.07) is 11.0. The molecule has 2 atom stereocenters. The molecule has 1 heterocycles. The van der Waals surface area contributed by atoms with Gasteiger partial charge in [0.15, 0.2) is 0 Å². The third-order valence-corrected chi connectivity index (χ3v) is 4.26. The minimum absolute atomic E-state index is 0.119. The molecule has 116 valence electrons. The van der Waals surface area contributed by atoms with Gasteiger partial charge in [0.25, 0.3) is 0 Å². The summed E-state index contributed by atoms with van der Waals surface area (Å²) in [5.41, 5.74) is 1.14. The van der Waals surface area contributed by atoms with Crippen molar-refractivity contribution in [3.8, 4) is 0 Å². The molecule has 2 N–H and O–H groups in total. The van der Waals surface area contributed by atoms with Crippen LogP contribution in [-0.4, -0.2) is 42.5 Å². The predicted molar refractivity (Wildman–Crippen MR) is 86.0 cm³/mol. The first-order chi connectivity index (χ1) is 10.2. The standard InChI is InChI=1S/C17H27N3O/c1-3-15-12-20(16(4-2)11-18-15)13-17(21)19-10-14-8-6-5-7-9-14/h5-9,15-16,18H,3-4,10-13H2,1-2H3,(H,19,21). The van der Waals surface area contributed by atoms with Crippen molar-refractivity contribution in [2.24, 2.45) is 0 Å². The second-order valence-corrected chi connectivity index (χ2v) is 5.77. The Hall–Kier alpha value is -1.39. The molecule has 1 aromatic carbocycles. The van der Waals surface area contributed by atoms with E-state index in [2.05, 4.69) is 29.4 Å². The highest BCUT2D eigenvalue weighted by Crippen LogP contribution is 2.11. The number of nitrogens with zero attached hydrogens (tertiary/aromatic N) is 1. The third-order valence-electron chi connectivity index (χ3n) is 4.26. The lowest BCUT2D eigenvalue weighted by Gasteiger charge is -2.39. The molecule has 0 aromatic heterocycles. The molecule has 1 amide bonds. The van der Waals surface area contributed by atoms with Gasteiger partial charge in [-0.15, -0.1) is 0 Å². The average Bonchev–Trinajstić information content (AvgIpc) is 2.54. The molecule has 0 radical (unpaired) electrons. The van der Waals surface area contributed by atoms with E-state index in [-0.39, 0.29) is 5.91 Å². The summed E-state index contributed by atoms with van der Waals surface area (Å²) in [7, 11) is 0. The van der Waals surface area contributed by atoms with Crippen molar-refractivity contribution in [3.05, 3.63) is 35.9 Å². The van der Waals surface area contributed by atoms with Crippen molar-refractivity contribution in [2.45, 2.75) is 45.3 Å². The van der Waals surface area contributed by atoms with E-state index < -0.39 is 0 Å². The smallest absolute Gasteiger partial charge is 0.234 e. The molecule has 1 aliphatic heterocycles. The van der Waals surface area contributed by atoms with Crippen molar-refractivity contribution >= 4 is 5.91 Å². The number of carbonyl (C=O) groups is 1. The van der Waals surface area contributed by atoms with Crippen LogP contribution in [0.3, 0.4) is 0 Å². The molecule has 0 spiro atoms. The predicted octanol–water partition coefficient (Wildman–Crippen LogP) is 1.77. The van der Waals surface area contributed by atoms with Gasteiger partial charge in [0, 0.05) is 31.7 Å². The van der Waals surface area contributed by atoms with Crippen LogP contribution in [0.5, 0.6) is 0 Å². The highest BCUT2D eigenvalue weighted by molar-refractivity contribution is 5.78. The van der Waals surface area contributed by atoms with Gasteiger partial charge < -0.3 is 10.6 Å². The number of rotatable bonds is 6. The Balaban J connectivity index is 1.82. The Kier molecular flexibility index (Phi) is 6.21. The SMILES string of the molecule is CCC1CN(CC(=O)NCc2ccccc2)C(CC)CN1. The van der Waals surface area contributed by atoms with Gasteiger partial charge in [0.1, 0.15) is 0 Å². The van der Waals surface area contributed by atoms with E-state index in [0.717, 1.165) is 31.5 Å². The topological polar surface area (TPSA) is 44.4 Å². The zero-order valence-electron chi connectivity index (χ0n) is 13.1. The van der Waals surface area contributed by atoms with Gasteiger partial charge in [0.05, 0.1) is 6.54 Å². The van der Waals surface area contributed by atoms with Gasteiger partial charge >= 0.3 is 0 Å². The number of amides is 1. The largest absolute Gasteiger partial charge is 0.351 e. The Labute approximate surface area is 127 Å². The molecule has 21 heavy (non-hydrogen) atoms. The maximum Gasteiger partial charge on any atom is 0.234 e. The average molecular weight is 289 g/mol. The minimum atomic E-state index is 0.119. The first-order valence-corrected chi connectivity index (χ1v) is 8.01. The van der Waals surface area contributed by atoms with Crippen LogP contribution in [0.2, 0.25) is 0 Å². The van der Waals surface area contributed by atoms with Gasteiger partial charge in [-0.3, -0.25) is 9.69 Å². The van der Waals surface area contributed by atoms with Crippen LogP contribution in [0.4, 0.5) is 0 Å². The van der Waals surface area contributed by atoms with Crippen molar-refractivity contribution in [2.75, 3.05) is 19.6 Å². The molecule has 2 unspecified atom stereocenters. The van der Waals surface area contributed by atoms with Gasteiger partial charge in [-0.1, -0.05) is 44.2 Å². The van der Waals surface area contributed by atoms with Crippen LogP contribution < -0.4 is 10.6 Å². The fraction of sp³-hybridized carbons (Fsp3) is 0.588. The normalized spacial score (nSPS) is 23.0. The first kappa shape index (κ1) is 16.0. The summed E-state index contributed by atoms with van der Waals surface area (Å²) in [5, 5.41) is 6.58. The summed E-state index contributed by atoms with van der Waals surface area (Å²) in [4.78, 5) is 14.5. The summed E-state index contributed by atoms with van der Waals surface area (Å²) >= 11 is 0. The number of nitrogens with one attached hydrogen (secondary N) is 2. The van der Waals surface area contributed by atoms with Gasteiger partial charge in [0.2, 0.25) is 5.91 Å². The first-order valence-electron chi connectivity index (χ1n) is 8.01. The molecule has 4 heteroatoms. The van der Waals surface area contributed by atoms with E-state index in [9.17, 15) is 4.79 Å². The Morgan fingerprint density at radius 1 is 1.29 bits per heavy atom. The molecule has 1 saturated heterocycles. The van der Waals surface area contributed by atoms with E-state index in [1.54, 1.807) is 0 Å². The molecule has 2 rings (SSSR count). The fourth-order valence-electron chi connectivity index (χ4n) is 2.83. The second kappa shape index (κ2) is 8.15. The number of carbonyl (C=O) groups excluding carboxylic acids is 1. The van der Waals surface area contributed by atoms with Crippen LogP contribution in [0.1, 0.15) is 32.3 Å². The van der Waals surface area contributed by atoms with Crippen LogP contribution in [0, 0.1) is 0 Å². The van der Waals surface area contributed by atoms with E-state index in [1.807, 2.05) is 30.3 Å². The Morgan fingerprint density at radius 3 is 2.71 bits per heavy atom. The number of hydrogen-bond acceptors (Lipinski definition) is 3. The summed E-state index contributed by atoms with van der Waals surface area (Å²) in [6.45, 7) is 7.45. The molecule has 4 nitrogen and oxygen atoms in total. The maximum absolute atomic E-state index is 12.2. The molecule has 1 fully saturated rings. The Morgan fingerprint density at radius 2 is 2.05 bits per heavy atom. The second-order valence-electron chi connectivity index (χ2n) is 5.77. The van der Waals surface area contributed by atoms with Crippen molar-refractivity contribution in [3.63, 3.8) is 0 Å². The summed E-state index contributed by atoms with van der Waals surface area (Å²) in [5.74, 6) is 0.119. The van der Waals surface area contributed by atoms with E-state index in [0.29, 0.717) is 25.2 Å². The van der Waals surface area contributed by atoms with Crippen LogP contribution in [0.25, 0.3) is 0 Å². The van der Waals surface area contributed by atoms with Crippen molar-refractivity contribution in [1.82, 2.24) is 15.5 Å². The quantitative estimate of drug-likeness (QED) is 0.839. The fourth-order valence-corrected chi connectivity index (χ4v) is 2.83. The lowest BCUT2D eigenvalue weighted by molar-refractivity contribution is -0.123. The molecule has 0 saturated carbocycles. The maximum atomic E-state index is 12.2. The lowest BCUT2D eigenvalue weighted by atomic mass is 10.1. The number of benzene rings is 1. The van der Waals surface area contributed by atoms with Crippen LogP contribution >= 0.6 is 0 Å². The van der Waals surface area contributed by atoms with E-state index >= 15 is 0 Å². The molecule has 1 aromatic rings. The molecule has 0 aliphatic carbocycles. The van der Waals surface area contributed by atoms with Crippen molar-refractivity contribution < 1.29 is 4.79 Å². The van der Waals surface area contributed by atoms with Crippen LogP contribution in [-0.2, 0) is 11.3 Å². The monoisotopic (exact) mass is 289 g/mol. The number of hydrogen-bond donors (Lipinski definition) is 2. The highest BCUT2D eigenvalue weighted by Gasteiger charge is 2.26. The van der Waals surface area contributed by atoms with E-state index in [4.69, 9.17) is 0 Å². The molecular formula is C17H27N3O. The number of piperazine rings is 1. The van der Waals surface area contributed by atoms with Crippen LogP contribution in [0.15, 0.2) is 30.3 Å².